The van der Waals surface area contributed by atoms with E-state index in [4.69, 9.17) is 13.9 Å². The Morgan fingerprint density at radius 2 is 2.00 bits per heavy atom. The van der Waals surface area contributed by atoms with Gasteiger partial charge < -0.3 is 13.9 Å². The lowest BCUT2D eigenvalue weighted by Crippen LogP contribution is -2.24. The lowest BCUT2D eigenvalue weighted by molar-refractivity contribution is -0.144. The molecule has 0 bridgehead atoms. The van der Waals surface area contributed by atoms with Crippen molar-refractivity contribution in [2.45, 2.75) is 13.0 Å². The zero-order valence-electron chi connectivity index (χ0n) is 10.0. The maximum Gasteiger partial charge on any atom is 0.340 e. The fraction of sp³-hybridized carbons (Fsp3) is 0.231. The van der Waals surface area contributed by atoms with Gasteiger partial charge in [0.15, 0.2) is 6.10 Å². The molecule has 2 aromatic rings. The number of rotatable bonds is 3. The second-order valence-electron chi connectivity index (χ2n) is 3.75. The molecule has 0 amide bonds. The first-order valence-electron chi connectivity index (χ1n) is 5.38. The number of esters is 1. The molecule has 5 heteroatoms. The van der Waals surface area contributed by atoms with Gasteiger partial charge in [0.2, 0.25) is 0 Å². The third kappa shape index (κ3) is 2.57. The van der Waals surface area contributed by atoms with E-state index in [9.17, 15) is 9.59 Å². The van der Waals surface area contributed by atoms with Crippen LogP contribution in [0, 0.1) is 0 Å². The summed E-state index contributed by atoms with van der Waals surface area (Å²) in [7, 11) is 1.42. The fourth-order valence-corrected chi connectivity index (χ4v) is 1.40. The van der Waals surface area contributed by atoms with Gasteiger partial charge in [0.05, 0.1) is 0 Å². The SMILES string of the molecule is COC(C)C(=O)Oc1ccc2ccc(=O)oc2c1. The van der Waals surface area contributed by atoms with Gasteiger partial charge in [-0.1, -0.05) is 0 Å². The molecule has 18 heavy (non-hydrogen) atoms. The molecule has 0 N–H and O–H groups in total. The van der Waals surface area contributed by atoms with E-state index in [1.165, 1.54) is 19.2 Å². The van der Waals surface area contributed by atoms with E-state index < -0.39 is 17.7 Å². The molecule has 0 radical (unpaired) electrons. The first kappa shape index (κ1) is 12.3. The predicted molar refractivity (Wildman–Crippen MR) is 64.6 cm³/mol. The molecule has 1 atom stereocenters. The number of carbonyl (C=O) groups excluding carboxylic acids is 1. The van der Waals surface area contributed by atoms with Gasteiger partial charge in [-0.3, -0.25) is 0 Å². The Labute approximate surface area is 103 Å². The Bertz CT molecular complexity index is 629. The number of fused-ring (bicyclic) bond motifs is 1. The highest BCUT2D eigenvalue weighted by Gasteiger charge is 2.14. The summed E-state index contributed by atoms with van der Waals surface area (Å²) in [5, 5.41) is 0.759. The zero-order valence-corrected chi connectivity index (χ0v) is 10.0. The normalized spacial score (nSPS) is 12.3. The number of ether oxygens (including phenoxy) is 2. The van der Waals surface area contributed by atoms with E-state index in [0.717, 1.165) is 5.39 Å². The van der Waals surface area contributed by atoms with Crippen LogP contribution < -0.4 is 10.4 Å². The molecule has 2 rings (SSSR count). The van der Waals surface area contributed by atoms with Gasteiger partial charge in [0.1, 0.15) is 11.3 Å². The standard InChI is InChI=1S/C13H12O5/c1-8(16-2)13(15)17-10-5-3-9-4-6-12(14)18-11(9)7-10/h3-8H,1-2H3. The number of hydrogen-bond acceptors (Lipinski definition) is 5. The summed E-state index contributed by atoms with van der Waals surface area (Å²) in [5.41, 5.74) is -0.0749. The molecule has 0 aliphatic heterocycles. The fourth-order valence-electron chi connectivity index (χ4n) is 1.40. The summed E-state index contributed by atoms with van der Waals surface area (Å²) in [6.07, 6.45) is -0.650. The maximum atomic E-state index is 11.5. The maximum absolute atomic E-state index is 11.5. The first-order chi connectivity index (χ1) is 8.60. The minimum atomic E-state index is -0.650. The minimum Gasteiger partial charge on any atom is -0.424 e. The molecule has 1 aromatic heterocycles. The number of benzene rings is 1. The van der Waals surface area contributed by atoms with Crippen LogP contribution >= 0.6 is 0 Å². The third-order valence-electron chi connectivity index (χ3n) is 2.50. The average molecular weight is 248 g/mol. The third-order valence-corrected chi connectivity index (χ3v) is 2.50. The molecule has 0 saturated heterocycles. The van der Waals surface area contributed by atoms with E-state index in [2.05, 4.69) is 0 Å². The summed E-state index contributed by atoms with van der Waals surface area (Å²) in [6, 6.07) is 7.81. The molecule has 0 aliphatic rings. The van der Waals surface area contributed by atoms with Crippen LogP contribution in [0.15, 0.2) is 39.5 Å². The van der Waals surface area contributed by atoms with E-state index in [1.807, 2.05) is 0 Å². The highest BCUT2D eigenvalue weighted by molar-refractivity contribution is 5.81. The highest BCUT2D eigenvalue weighted by atomic mass is 16.6. The van der Waals surface area contributed by atoms with Crippen molar-refractivity contribution in [2.75, 3.05) is 7.11 Å². The molecule has 0 aliphatic carbocycles. The number of hydrogen-bond donors (Lipinski definition) is 0. The van der Waals surface area contributed by atoms with E-state index in [-0.39, 0.29) is 0 Å². The van der Waals surface area contributed by atoms with Crippen molar-refractivity contribution in [1.29, 1.82) is 0 Å². The molecule has 0 spiro atoms. The highest BCUT2D eigenvalue weighted by Crippen LogP contribution is 2.19. The van der Waals surface area contributed by atoms with Gasteiger partial charge in [0, 0.05) is 24.6 Å². The minimum absolute atomic E-state index is 0.311. The van der Waals surface area contributed by atoms with Crippen LogP contribution in [0.4, 0.5) is 0 Å². The lowest BCUT2D eigenvalue weighted by atomic mass is 10.2. The second kappa shape index (κ2) is 5.01. The van der Waals surface area contributed by atoms with Crippen molar-refractivity contribution in [3.8, 4) is 5.75 Å². The molecule has 1 unspecified atom stereocenters. The number of carbonyl (C=O) groups is 1. The Kier molecular flexibility index (Phi) is 3.43. The van der Waals surface area contributed by atoms with Gasteiger partial charge in [-0.25, -0.2) is 9.59 Å². The second-order valence-corrected chi connectivity index (χ2v) is 3.75. The smallest absolute Gasteiger partial charge is 0.340 e. The summed E-state index contributed by atoms with van der Waals surface area (Å²) in [6.45, 7) is 1.59. The van der Waals surface area contributed by atoms with Gasteiger partial charge in [-0.05, 0) is 25.1 Å². The molecule has 94 valence electrons. The summed E-state index contributed by atoms with van der Waals surface area (Å²) in [4.78, 5) is 22.6. The monoisotopic (exact) mass is 248 g/mol. The van der Waals surface area contributed by atoms with Crippen LogP contribution in [0.25, 0.3) is 11.0 Å². The van der Waals surface area contributed by atoms with Crippen LogP contribution in [-0.4, -0.2) is 19.2 Å². The van der Waals surface area contributed by atoms with E-state index >= 15 is 0 Å². The van der Waals surface area contributed by atoms with Gasteiger partial charge in [0.25, 0.3) is 0 Å². The molecular weight excluding hydrogens is 236 g/mol. The largest absolute Gasteiger partial charge is 0.424 e. The van der Waals surface area contributed by atoms with Crippen molar-refractivity contribution < 1.29 is 18.7 Å². The van der Waals surface area contributed by atoms with Gasteiger partial charge in [-0.15, -0.1) is 0 Å². The molecule has 1 heterocycles. The van der Waals surface area contributed by atoms with Crippen LogP contribution in [0.3, 0.4) is 0 Å². The Hall–Kier alpha value is -2.14. The Morgan fingerprint density at radius 3 is 2.72 bits per heavy atom. The molecule has 0 saturated carbocycles. The van der Waals surface area contributed by atoms with E-state index in [0.29, 0.717) is 11.3 Å². The van der Waals surface area contributed by atoms with Gasteiger partial charge >= 0.3 is 11.6 Å². The van der Waals surface area contributed by atoms with Crippen LogP contribution in [0.1, 0.15) is 6.92 Å². The molecule has 1 aromatic carbocycles. The zero-order chi connectivity index (χ0) is 13.1. The molecular formula is C13H12O5. The predicted octanol–water partition coefficient (Wildman–Crippen LogP) is 1.73. The summed E-state index contributed by atoms with van der Waals surface area (Å²) < 4.78 is 14.9. The van der Waals surface area contributed by atoms with Crippen LogP contribution in [0.5, 0.6) is 5.75 Å². The van der Waals surface area contributed by atoms with E-state index in [1.54, 1.807) is 25.1 Å². The molecule has 0 fully saturated rings. The average Bonchev–Trinajstić information content (AvgIpc) is 2.37. The summed E-state index contributed by atoms with van der Waals surface area (Å²) >= 11 is 0. The Morgan fingerprint density at radius 1 is 1.28 bits per heavy atom. The lowest BCUT2D eigenvalue weighted by Gasteiger charge is -2.09. The van der Waals surface area contributed by atoms with Crippen molar-refractivity contribution >= 4 is 16.9 Å². The Balaban J connectivity index is 2.30. The topological polar surface area (TPSA) is 65.7 Å². The van der Waals surface area contributed by atoms with Crippen molar-refractivity contribution in [3.63, 3.8) is 0 Å². The van der Waals surface area contributed by atoms with Crippen molar-refractivity contribution in [3.05, 3.63) is 40.8 Å². The molecule has 5 nitrogen and oxygen atoms in total. The first-order valence-corrected chi connectivity index (χ1v) is 5.38. The number of methoxy groups -OCH3 is 1. The van der Waals surface area contributed by atoms with Crippen LogP contribution in [-0.2, 0) is 9.53 Å². The van der Waals surface area contributed by atoms with Crippen LogP contribution in [0.2, 0.25) is 0 Å². The quantitative estimate of drug-likeness (QED) is 0.470. The summed E-state index contributed by atoms with van der Waals surface area (Å²) in [5.74, 6) is -0.194. The van der Waals surface area contributed by atoms with Gasteiger partial charge in [-0.2, -0.15) is 0 Å². The van der Waals surface area contributed by atoms with Crippen molar-refractivity contribution in [2.24, 2.45) is 0 Å². The van der Waals surface area contributed by atoms with Crippen molar-refractivity contribution in [1.82, 2.24) is 0 Å².